The van der Waals surface area contributed by atoms with Crippen molar-refractivity contribution in [3.63, 3.8) is 0 Å². The van der Waals surface area contributed by atoms with Gasteiger partial charge < -0.3 is 4.42 Å². The number of fused-ring (bicyclic) bond motifs is 28. The minimum Gasteiger partial charge on any atom is -0.417 e. The van der Waals surface area contributed by atoms with Crippen LogP contribution in [0.15, 0.2) is 175 Å². The topological polar surface area (TPSA) is 110 Å². The molecule has 0 bridgehead atoms. The smallest absolute Gasteiger partial charge is 0.341 e. The highest BCUT2D eigenvalue weighted by Gasteiger charge is 2.39. The molecule has 12 aromatic heterocycles. The number of furan rings is 1. The maximum atomic E-state index is 8.13. The van der Waals surface area contributed by atoms with Crippen LogP contribution in [0.25, 0.3) is 133 Å². The van der Waals surface area contributed by atoms with Gasteiger partial charge >= 0.3 is 5.71 Å². The molecule has 0 atom stereocenters. The number of thiophene rings is 1. The Morgan fingerprint density at radius 2 is 0.829 bits per heavy atom. The summed E-state index contributed by atoms with van der Waals surface area (Å²) in [6, 6.07) is 47.9. The third-order valence-electron chi connectivity index (χ3n) is 16.9. The summed E-state index contributed by atoms with van der Waals surface area (Å²) in [6.45, 7) is -4.31. The quantitative estimate of drug-likeness (QED) is 0.141. The number of benzene rings is 4. The predicted octanol–water partition coefficient (Wildman–Crippen LogP) is 10.5. The first kappa shape index (κ1) is 38.5. The van der Waals surface area contributed by atoms with Gasteiger partial charge in [-0.3, -0.25) is 23.3 Å². The molecule has 0 aliphatic carbocycles. The van der Waals surface area contributed by atoms with Gasteiger partial charge in [-0.1, -0.05) is 84.1 Å². The average Bonchev–Trinajstić information content (AvgIpc) is 1.55. The Morgan fingerprint density at radius 1 is 0.402 bits per heavy atom. The first-order valence-corrected chi connectivity index (χ1v) is 27.9. The molecule has 0 N–H and O–H groups in total. The minimum atomic E-state index is -2.48. The number of nitrogens with zero attached hydrogens (tertiary/aromatic N) is 14. The van der Waals surface area contributed by atoms with Crippen LogP contribution < -0.4 is 18.3 Å². The van der Waals surface area contributed by atoms with Crippen molar-refractivity contribution in [3.05, 3.63) is 193 Å². The van der Waals surface area contributed by atoms with Gasteiger partial charge in [0.25, 0.3) is 22.9 Å². The molecule has 0 saturated carbocycles. The lowest BCUT2D eigenvalue weighted by Gasteiger charge is -1.97. The molecule has 4 aliphatic heterocycles. The molecule has 16 aromatic rings. The molecule has 0 saturated heterocycles. The highest BCUT2D eigenvalue weighted by atomic mass is 32.1. The first-order valence-electron chi connectivity index (χ1n) is 31.5. The number of aryl methyl sites for hydroxylation is 6. The Kier molecular flexibility index (Phi) is 8.09. The van der Waals surface area contributed by atoms with E-state index in [2.05, 4.69) is 118 Å². The van der Waals surface area contributed by atoms with Crippen LogP contribution in [-0.2, 0) is 68.2 Å². The number of hydrogen-bond acceptors (Lipinski definition) is 6. The standard InChI is InChI=1S/2C17H15N4.C16H12N3O.C16H12N3S/c2*1-19-13-8-5-9-18-14(13)15-17(19)21-10-11-6-3-4-7-12(11)16(21)20(15)2;2*1-18-14-13-12(7-4-8-17-13)20-16(14)19-9-10-5-2-3-6-11(10)15(18)19/h2*3-9H,10H2,1-2H3;2*2-8H,9H2,1H3/q4*+1/i1D3,2D3;2D3;;. The highest BCUT2D eigenvalue weighted by molar-refractivity contribution is 7.25. The molecule has 0 fully saturated rings. The molecule has 0 amide bonds. The van der Waals surface area contributed by atoms with Gasteiger partial charge in [-0.25, -0.2) is 37.8 Å². The summed E-state index contributed by atoms with van der Waals surface area (Å²) in [4.78, 5) is 19.2. The van der Waals surface area contributed by atoms with Crippen LogP contribution in [0.3, 0.4) is 0 Å². The van der Waals surface area contributed by atoms with E-state index in [0.717, 1.165) is 85.7 Å². The van der Waals surface area contributed by atoms with Crippen LogP contribution in [-0.4, -0.2) is 47.3 Å². The Hall–Kier alpha value is -10.1. The summed E-state index contributed by atoms with van der Waals surface area (Å²) in [5.41, 5.74) is 20.1. The predicted molar refractivity (Wildman–Crippen MR) is 320 cm³/mol. The molecule has 0 radical (unpaired) electrons. The van der Waals surface area contributed by atoms with Crippen molar-refractivity contribution in [1.82, 2.24) is 47.3 Å². The van der Waals surface area contributed by atoms with E-state index in [1.165, 1.54) is 62.7 Å². The van der Waals surface area contributed by atoms with Crippen molar-refractivity contribution in [2.45, 2.75) is 26.2 Å². The summed E-state index contributed by atoms with van der Waals surface area (Å²) in [5.74, 6) is 3.72. The SMILES string of the molecule is Cn1c2[n+](c3oc4cccnc4c31)Cc1ccccc1-2.Cn1c2[n+](c3sc4cccnc4c31)Cc1ccccc1-2.[2H]C([2H])([2H])n1c2[n+](c3c1c1ncccc1n3C([2H])([2H])[2H])Cc1ccccc1-2.[2H]C([2H])([2H])n1c2[n+](c3c1c1ncccc1n3C)Cc1ccccc1-2. The lowest BCUT2D eigenvalue weighted by Crippen LogP contribution is -2.33. The molecular formula is C66H54N14OS+4. The molecule has 15 nitrogen and oxygen atoms in total. The van der Waals surface area contributed by atoms with Gasteiger partial charge in [0, 0.05) is 47.0 Å². The fourth-order valence-corrected chi connectivity index (χ4v) is 14.6. The lowest BCUT2D eigenvalue weighted by atomic mass is 10.1. The largest absolute Gasteiger partial charge is 0.417 e. The molecule has 16 heteroatoms. The van der Waals surface area contributed by atoms with Gasteiger partial charge in [-0.2, -0.15) is 4.57 Å². The Morgan fingerprint density at radius 3 is 1.39 bits per heavy atom. The molecule has 4 aromatic carbocycles. The molecule has 4 aliphatic rings. The van der Waals surface area contributed by atoms with Crippen molar-refractivity contribution in [1.29, 1.82) is 0 Å². The summed E-state index contributed by atoms with van der Waals surface area (Å²) >= 11 is 1.84. The molecule has 0 spiro atoms. The monoisotopic (exact) mass is 1100 g/mol. The van der Waals surface area contributed by atoms with Gasteiger partial charge in [0.2, 0.25) is 38.5 Å². The number of hydrogen-bond donors (Lipinski definition) is 0. The van der Waals surface area contributed by atoms with E-state index in [1.807, 2.05) is 108 Å². The second-order valence-electron chi connectivity index (χ2n) is 21.2. The van der Waals surface area contributed by atoms with Gasteiger partial charge in [0.1, 0.15) is 40.7 Å². The second kappa shape index (κ2) is 17.2. The average molecular weight is 1100 g/mol. The number of pyridine rings is 4. The Labute approximate surface area is 485 Å². The van der Waals surface area contributed by atoms with Crippen molar-refractivity contribution in [2.24, 2.45) is 42.1 Å². The minimum absolute atomic E-state index is 0.325. The van der Waals surface area contributed by atoms with E-state index in [9.17, 15) is 0 Å². The lowest BCUT2D eigenvalue weighted by molar-refractivity contribution is -0.652. The van der Waals surface area contributed by atoms with Crippen LogP contribution in [0.2, 0.25) is 0 Å². The summed E-state index contributed by atoms with van der Waals surface area (Å²) in [6.07, 6.45) is 6.95. The number of imidazole rings is 4. The van der Waals surface area contributed by atoms with Crippen LogP contribution >= 0.6 is 11.3 Å². The highest BCUT2D eigenvalue weighted by Crippen LogP contribution is 2.40. The second-order valence-corrected chi connectivity index (χ2v) is 22.3. The van der Waals surface area contributed by atoms with E-state index in [-0.39, 0.29) is 0 Å². The zero-order valence-electron chi connectivity index (χ0n) is 53.6. The summed E-state index contributed by atoms with van der Waals surface area (Å²) in [7, 11) is 6.20. The van der Waals surface area contributed by atoms with E-state index in [1.54, 1.807) is 29.1 Å². The fraction of sp³-hybridized carbons (Fsp3) is 0.152. The van der Waals surface area contributed by atoms with Crippen molar-refractivity contribution in [2.75, 3.05) is 0 Å². The van der Waals surface area contributed by atoms with Crippen LogP contribution in [0.4, 0.5) is 0 Å². The van der Waals surface area contributed by atoms with Crippen LogP contribution in [0, 0.1) is 0 Å². The van der Waals surface area contributed by atoms with Crippen LogP contribution in [0.5, 0.6) is 0 Å². The Balaban J connectivity index is 0.0000000938. The van der Waals surface area contributed by atoms with E-state index < -0.39 is 20.9 Å². The van der Waals surface area contributed by atoms with E-state index in [0.29, 0.717) is 46.6 Å². The molecule has 16 heterocycles. The molecular weight excluding hydrogens is 1040 g/mol. The first-order chi connectivity index (χ1) is 43.9. The van der Waals surface area contributed by atoms with Crippen LogP contribution in [0.1, 0.15) is 34.6 Å². The third-order valence-corrected chi connectivity index (χ3v) is 18.1. The van der Waals surface area contributed by atoms with E-state index in [4.69, 9.17) is 16.8 Å². The summed E-state index contributed by atoms with van der Waals surface area (Å²) in [5, 5.41) is 0. The molecule has 396 valence electrons. The zero-order valence-corrected chi connectivity index (χ0v) is 45.4. The normalized spacial score (nSPS) is 15.1. The van der Waals surface area contributed by atoms with Crippen molar-refractivity contribution in [3.8, 4) is 45.6 Å². The molecule has 0 unspecified atom stereocenters. The molecule has 82 heavy (non-hydrogen) atoms. The van der Waals surface area contributed by atoms with E-state index >= 15 is 0 Å². The Bertz CT molecular complexity index is 5600. The van der Waals surface area contributed by atoms with Gasteiger partial charge in [0.15, 0.2) is 11.1 Å². The number of rotatable bonds is 0. The van der Waals surface area contributed by atoms with Gasteiger partial charge in [-0.15, -0.1) is 0 Å². The van der Waals surface area contributed by atoms with Gasteiger partial charge in [0.05, 0.1) is 94.5 Å². The summed E-state index contributed by atoms with van der Waals surface area (Å²) < 4.78 is 99.2. The zero-order chi connectivity index (χ0) is 62.3. The van der Waals surface area contributed by atoms with Crippen molar-refractivity contribution >= 4 is 98.6 Å². The third kappa shape index (κ3) is 6.29. The van der Waals surface area contributed by atoms with Gasteiger partial charge in [-0.05, 0) is 72.8 Å². The maximum absolute atomic E-state index is 8.13. The van der Waals surface area contributed by atoms with Crippen molar-refractivity contribution < 1.29 is 35.0 Å². The number of aromatic nitrogens is 14. The maximum Gasteiger partial charge on any atom is 0.341 e. The molecule has 20 rings (SSSR count). The fourth-order valence-electron chi connectivity index (χ4n) is 13.4.